The first kappa shape index (κ1) is 21.7. The largest absolute Gasteiger partial charge is 0.490 e. The molecule has 0 saturated carbocycles. The number of carbonyl (C=O) groups excluding carboxylic acids is 3. The van der Waals surface area contributed by atoms with Crippen molar-refractivity contribution >= 4 is 50.8 Å². The highest BCUT2D eigenvalue weighted by atomic mass is 79.9. The van der Waals surface area contributed by atoms with Crippen molar-refractivity contribution in [2.45, 2.75) is 26.7 Å². The van der Waals surface area contributed by atoms with Gasteiger partial charge in [-0.15, -0.1) is 0 Å². The summed E-state index contributed by atoms with van der Waals surface area (Å²) < 4.78 is 12.0. The summed E-state index contributed by atoms with van der Waals surface area (Å²) in [7, 11) is 0. The Morgan fingerprint density at radius 1 is 1.17 bits per heavy atom. The summed E-state index contributed by atoms with van der Waals surface area (Å²) in [6.07, 6.45) is 3.55. The number of ether oxygens (including phenoxy) is 2. The average Bonchev–Trinajstić information content (AvgIpc) is 3.30. The van der Waals surface area contributed by atoms with Crippen LogP contribution in [0.5, 0.6) is 11.5 Å². The van der Waals surface area contributed by atoms with Crippen LogP contribution in [0.15, 0.2) is 21.5 Å². The van der Waals surface area contributed by atoms with Crippen molar-refractivity contribution in [3.8, 4) is 11.5 Å². The molecule has 2 aliphatic heterocycles. The van der Waals surface area contributed by atoms with Gasteiger partial charge in [0.2, 0.25) is 5.91 Å². The van der Waals surface area contributed by atoms with E-state index >= 15 is 0 Å². The summed E-state index contributed by atoms with van der Waals surface area (Å²) in [5.74, 6) is 0.512. The van der Waals surface area contributed by atoms with E-state index in [1.807, 2.05) is 13.8 Å². The molecule has 0 aromatic heterocycles. The quantitative estimate of drug-likeness (QED) is 0.548. The Bertz CT molecular complexity index is 852. The Morgan fingerprint density at radius 3 is 2.52 bits per heavy atom. The number of likely N-dealkylation sites (tertiary alicyclic amines) is 1. The maximum absolute atomic E-state index is 12.7. The normalized spacial score (nSPS) is 18.1. The summed E-state index contributed by atoms with van der Waals surface area (Å²) in [5, 5.41) is -0.427. The van der Waals surface area contributed by atoms with E-state index in [-0.39, 0.29) is 17.4 Å². The topological polar surface area (TPSA) is 76.2 Å². The second-order valence-electron chi connectivity index (χ2n) is 6.55. The number of benzene rings is 1. The Morgan fingerprint density at radius 2 is 1.86 bits per heavy atom. The van der Waals surface area contributed by atoms with Gasteiger partial charge >= 0.3 is 0 Å². The molecule has 3 amide bonds. The Hall–Kier alpha value is -2.00. The molecule has 3 rings (SSSR count). The molecule has 29 heavy (non-hydrogen) atoms. The third-order valence-corrected chi connectivity index (χ3v) is 6.04. The maximum atomic E-state index is 12.7. The van der Waals surface area contributed by atoms with Crippen LogP contribution in [0, 0.1) is 0 Å². The van der Waals surface area contributed by atoms with Crippen LogP contribution in [0.3, 0.4) is 0 Å². The smallest absolute Gasteiger partial charge is 0.294 e. The predicted octanol–water partition coefficient (Wildman–Crippen LogP) is 3.91. The molecular weight excluding hydrogens is 460 g/mol. The number of thioether (sulfide) groups is 1. The average molecular weight is 483 g/mol. The van der Waals surface area contributed by atoms with Gasteiger partial charge in [-0.2, -0.15) is 0 Å². The van der Waals surface area contributed by atoms with Gasteiger partial charge in [0.15, 0.2) is 11.5 Å². The molecule has 156 valence electrons. The van der Waals surface area contributed by atoms with Crippen LogP contribution < -0.4 is 9.47 Å². The maximum Gasteiger partial charge on any atom is 0.294 e. The SMILES string of the molecule is CCOc1cc(/C=C2\SC(=O)N(CC(=O)N3CCCC3)C2=O)cc(Br)c1OCC. The molecule has 0 atom stereocenters. The van der Waals surface area contributed by atoms with Crippen molar-refractivity contribution in [2.24, 2.45) is 0 Å². The van der Waals surface area contributed by atoms with E-state index in [0.717, 1.165) is 29.5 Å². The van der Waals surface area contributed by atoms with Crippen LogP contribution >= 0.6 is 27.7 Å². The molecule has 0 spiro atoms. The van der Waals surface area contributed by atoms with Gasteiger partial charge in [-0.05, 0) is 78.2 Å². The lowest BCUT2D eigenvalue weighted by Crippen LogP contribution is -2.40. The Balaban J connectivity index is 1.80. The molecular formula is C20H23BrN2O5S. The lowest BCUT2D eigenvalue weighted by atomic mass is 10.2. The molecule has 9 heteroatoms. The van der Waals surface area contributed by atoms with Gasteiger partial charge < -0.3 is 14.4 Å². The molecule has 2 fully saturated rings. The second-order valence-corrected chi connectivity index (χ2v) is 8.40. The fourth-order valence-electron chi connectivity index (χ4n) is 3.21. The number of hydrogen-bond acceptors (Lipinski definition) is 6. The number of nitrogens with zero attached hydrogens (tertiary/aromatic N) is 2. The minimum atomic E-state index is -0.449. The summed E-state index contributed by atoms with van der Waals surface area (Å²) in [5.41, 5.74) is 0.695. The Labute approximate surface area is 182 Å². The molecule has 2 heterocycles. The van der Waals surface area contributed by atoms with Gasteiger partial charge in [0.05, 0.1) is 22.6 Å². The summed E-state index contributed by atoms with van der Waals surface area (Å²) in [4.78, 5) is 40.4. The molecule has 0 bridgehead atoms. The van der Waals surface area contributed by atoms with Gasteiger partial charge in [0.25, 0.3) is 11.1 Å². The minimum Gasteiger partial charge on any atom is -0.490 e. The van der Waals surface area contributed by atoms with E-state index in [4.69, 9.17) is 9.47 Å². The van der Waals surface area contributed by atoms with E-state index in [1.165, 1.54) is 0 Å². The monoisotopic (exact) mass is 482 g/mol. The van der Waals surface area contributed by atoms with E-state index < -0.39 is 11.1 Å². The number of rotatable bonds is 7. The number of imide groups is 1. The minimum absolute atomic E-state index is 0.187. The third kappa shape index (κ3) is 4.95. The third-order valence-electron chi connectivity index (χ3n) is 4.54. The van der Waals surface area contributed by atoms with Crippen molar-refractivity contribution in [2.75, 3.05) is 32.8 Å². The molecule has 2 saturated heterocycles. The number of hydrogen-bond donors (Lipinski definition) is 0. The first-order chi connectivity index (χ1) is 13.9. The number of amides is 3. The van der Waals surface area contributed by atoms with E-state index in [1.54, 1.807) is 23.1 Å². The fraction of sp³-hybridized carbons (Fsp3) is 0.450. The molecule has 0 unspecified atom stereocenters. The highest BCUT2D eigenvalue weighted by molar-refractivity contribution is 9.10. The van der Waals surface area contributed by atoms with Gasteiger partial charge in [0.1, 0.15) is 6.54 Å². The van der Waals surface area contributed by atoms with Crippen LogP contribution in [0.2, 0.25) is 0 Å². The summed E-state index contributed by atoms with van der Waals surface area (Å²) in [6.45, 7) is 5.87. The predicted molar refractivity (Wildman–Crippen MR) is 115 cm³/mol. The lowest BCUT2D eigenvalue weighted by molar-refractivity contribution is -0.135. The molecule has 0 radical (unpaired) electrons. The van der Waals surface area contributed by atoms with E-state index in [0.29, 0.717) is 47.8 Å². The zero-order valence-electron chi connectivity index (χ0n) is 16.4. The van der Waals surface area contributed by atoms with Gasteiger partial charge in [-0.3, -0.25) is 19.3 Å². The number of halogens is 1. The molecule has 0 aliphatic carbocycles. The number of carbonyl (C=O) groups is 3. The van der Waals surface area contributed by atoms with Crippen molar-refractivity contribution in [1.82, 2.24) is 9.80 Å². The zero-order valence-corrected chi connectivity index (χ0v) is 18.8. The first-order valence-electron chi connectivity index (χ1n) is 9.56. The molecule has 2 aliphatic rings. The molecule has 7 nitrogen and oxygen atoms in total. The van der Waals surface area contributed by atoms with Gasteiger partial charge in [-0.25, -0.2) is 0 Å². The van der Waals surface area contributed by atoms with Crippen LogP contribution in [0.1, 0.15) is 32.3 Å². The zero-order chi connectivity index (χ0) is 21.0. The van der Waals surface area contributed by atoms with Crippen molar-refractivity contribution in [3.63, 3.8) is 0 Å². The first-order valence-corrected chi connectivity index (χ1v) is 11.2. The van der Waals surface area contributed by atoms with E-state index in [2.05, 4.69) is 15.9 Å². The van der Waals surface area contributed by atoms with Crippen LogP contribution in [0.4, 0.5) is 4.79 Å². The van der Waals surface area contributed by atoms with E-state index in [9.17, 15) is 14.4 Å². The van der Waals surface area contributed by atoms with Crippen LogP contribution in [-0.2, 0) is 9.59 Å². The van der Waals surface area contributed by atoms with Gasteiger partial charge in [-0.1, -0.05) is 0 Å². The molecule has 1 aromatic carbocycles. The Kier molecular flexibility index (Phi) is 7.23. The molecule has 0 N–H and O–H groups in total. The van der Waals surface area contributed by atoms with Crippen molar-refractivity contribution in [3.05, 3.63) is 27.1 Å². The van der Waals surface area contributed by atoms with Crippen molar-refractivity contribution < 1.29 is 23.9 Å². The summed E-state index contributed by atoms with van der Waals surface area (Å²) >= 11 is 4.32. The highest BCUT2D eigenvalue weighted by Crippen LogP contribution is 2.39. The lowest BCUT2D eigenvalue weighted by Gasteiger charge is -2.18. The standard InChI is InChI=1S/C20H23BrN2O5S/c1-3-27-15-10-13(9-14(21)18(15)28-4-2)11-16-19(25)23(20(26)29-16)12-17(24)22-7-5-6-8-22/h9-11H,3-8,12H2,1-2H3/b16-11-. The molecule has 1 aromatic rings. The highest BCUT2D eigenvalue weighted by Gasteiger charge is 2.37. The van der Waals surface area contributed by atoms with Crippen molar-refractivity contribution in [1.29, 1.82) is 0 Å². The summed E-state index contributed by atoms with van der Waals surface area (Å²) in [6, 6.07) is 3.57. The van der Waals surface area contributed by atoms with Gasteiger partial charge in [0, 0.05) is 13.1 Å². The second kappa shape index (κ2) is 9.67. The fourth-order valence-corrected chi connectivity index (χ4v) is 4.62. The van der Waals surface area contributed by atoms with Crippen LogP contribution in [-0.4, -0.2) is 59.7 Å². The van der Waals surface area contributed by atoms with Crippen LogP contribution in [0.25, 0.3) is 6.08 Å².